The molecule has 0 radical (unpaired) electrons. The lowest BCUT2D eigenvalue weighted by atomic mass is 10.2. The van der Waals surface area contributed by atoms with Crippen LogP contribution in [0.1, 0.15) is 24.0 Å². The molecule has 1 N–H and O–H groups in total. The number of nitrogens with one attached hydrogen (secondary N) is 1. The van der Waals surface area contributed by atoms with Gasteiger partial charge in [0.1, 0.15) is 4.32 Å². The summed E-state index contributed by atoms with van der Waals surface area (Å²) in [6.07, 6.45) is 2.71. The first-order valence-electron chi connectivity index (χ1n) is 8.84. The van der Waals surface area contributed by atoms with Gasteiger partial charge in [0.25, 0.3) is 5.91 Å². The summed E-state index contributed by atoms with van der Waals surface area (Å²) >= 11 is 12.5. The van der Waals surface area contributed by atoms with E-state index in [0.717, 1.165) is 11.1 Å². The van der Waals surface area contributed by atoms with Crippen LogP contribution in [-0.4, -0.2) is 27.6 Å². The number of thiocarbonyl (C=S) groups is 1. The number of carbonyl (C=O) groups is 2. The molecule has 2 aromatic rings. The topological polar surface area (TPSA) is 49.4 Å². The van der Waals surface area contributed by atoms with Crippen LogP contribution >= 0.6 is 35.6 Å². The normalized spacial score (nSPS) is 15.3. The summed E-state index contributed by atoms with van der Waals surface area (Å²) in [6, 6.07) is 17.0. The van der Waals surface area contributed by atoms with Gasteiger partial charge in [-0.15, -0.1) is 0 Å². The van der Waals surface area contributed by atoms with Gasteiger partial charge in [0.05, 0.1) is 4.91 Å². The van der Waals surface area contributed by atoms with E-state index in [9.17, 15) is 9.59 Å². The maximum Gasteiger partial charge on any atom is 0.266 e. The predicted octanol–water partition coefficient (Wildman–Crippen LogP) is 4.64. The number of amides is 2. The third-order valence-electron chi connectivity index (χ3n) is 4.16. The second kappa shape index (κ2) is 9.87. The molecule has 0 atom stereocenters. The summed E-state index contributed by atoms with van der Waals surface area (Å²) in [7, 11) is 0. The van der Waals surface area contributed by atoms with Crippen molar-refractivity contribution in [2.24, 2.45) is 0 Å². The quantitative estimate of drug-likeness (QED) is 0.513. The Hall–Kier alpha value is -2.15. The largest absolute Gasteiger partial charge is 0.352 e. The van der Waals surface area contributed by atoms with Gasteiger partial charge in [-0.25, -0.2) is 0 Å². The van der Waals surface area contributed by atoms with Crippen molar-refractivity contribution in [3.05, 3.63) is 75.7 Å². The summed E-state index contributed by atoms with van der Waals surface area (Å²) in [5, 5.41) is 3.54. The van der Waals surface area contributed by atoms with Crippen molar-refractivity contribution in [2.75, 3.05) is 6.54 Å². The first kappa shape index (κ1) is 20.6. The number of hydrogen-bond donors (Lipinski definition) is 1. The molecule has 1 heterocycles. The molecule has 7 heteroatoms. The molecule has 3 rings (SSSR count). The van der Waals surface area contributed by atoms with Crippen LogP contribution in [0.15, 0.2) is 59.5 Å². The van der Waals surface area contributed by atoms with Crippen LogP contribution in [0.25, 0.3) is 6.08 Å². The van der Waals surface area contributed by atoms with E-state index in [4.69, 9.17) is 23.8 Å². The Morgan fingerprint density at radius 1 is 1.14 bits per heavy atom. The lowest BCUT2D eigenvalue weighted by Gasteiger charge is -2.14. The molecule has 0 spiro atoms. The summed E-state index contributed by atoms with van der Waals surface area (Å²) in [6.45, 7) is 0.936. The zero-order valence-electron chi connectivity index (χ0n) is 15.1. The number of benzene rings is 2. The molecule has 4 nitrogen and oxygen atoms in total. The fourth-order valence-corrected chi connectivity index (χ4v) is 4.12. The molecule has 1 fully saturated rings. The number of carbonyl (C=O) groups excluding carboxylic acids is 2. The summed E-state index contributed by atoms with van der Waals surface area (Å²) < 4.78 is 0.523. The minimum Gasteiger partial charge on any atom is -0.352 e. The maximum atomic E-state index is 12.6. The number of nitrogens with zero attached hydrogens (tertiary/aromatic N) is 1. The van der Waals surface area contributed by atoms with E-state index in [2.05, 4.69) is 5.32 Å². The minimum atomic E-state index is -0.116. The van der Waals surface area contributed by atoms with Crippen molar-refractivity contribution in [1.82, 2.24) is 10.2 Å². The van der Waals surface area contributed by atoms with E-state index in [1.54, 1.807) is 17.0 Å². The van der Waals surface area contributed by atoms with Crippen molar-refractivity contribution in [3.63, 3.8) is 0 Å². The lowest BCUT2D eigenvalue weighted by molar-refractivity contribution is -0.124. The zero-order valence-corrected chi connectivity index (χ0v) is 17.4. The van der Waals surface area contributed by atoms with E-state index >= 15 is 0 Å². The van der Waals surface area contributed by atoms with E-state index in [0.29, 0.717) is 40.2 Å². The number of hydrogen-bond acceptors (Lipinski definition) is 4. The Balaban J connectivity index is 1.48. The van der Waals surface area contributed by atoms with Crippen LogP contribution in [0.5, 0.6) is 0 Å². The first-order chi connectivity index (χ1) is 13.5. The highest BCUT2D eigenvalue weighted by atomic mass is 35.5. The van der Waals surface area contributed by atoms with E-state index in [1.165, 1.54) is 11.8 Å². The van der Waals surface area contributed by atoms with Crippen LogP contribution in [0.4, 0.5) is 0 Å². The number of thioether (sulfide) groups is 1. The fraction of sp³-hybridized carbons (Fsp3) is 0.190. The zero-order chi connectivity index (χ0) is 19.9. The van der Waals surface area contributed by atoms with Crippen molar-refractivity contribution in [2.45, 2.75) is 19.4 Å². The fourth-order valence-electron chi connectivity index (χ4n) is 2.69. The van der Waals surface area contributed by atoms with Gasteiger partial charge >= 0.3 is 0 Å². The molecule has 0 aliphatic carbocycles. The molecular formula is C21H19ClN2O2S2. The molecule has 1 aliphatic heterocycles. The van der Waals surface area contributed by atoms with E-state index < -0.39 is 0 Å². The van der Waals surface area contributed by atoms with Gasteiger partial charge in [0.15, 0.2) is 0 Å². The average molecular weight is 431 g/mol. The molecule has 2 amide bonds. The summed E-state index contributed by atoms with van der Waals surface area (Å²) in [5.74, 6) is -0.152. The Kier molecular flexibility index (Phi) is 7.25. The molecule has 1 aliphatic rings. The predicted molar refractivity (Wildman–Crippen MR) is 119 cm³/mol. The second-order valence-corrected chi connectivity index (χ2v) is 8.36. The van der Waals surface area contributed by atoms with E-state index in [1.807, 2.05) is 48.5 Å². The monoisotopic (exact) mass is 430 g/mol. The number of rotatable bonds is 7. The molecule has 0 aromatic heterocycles. The highest BCUT2D eigenvalue weighted by Gasteiger charge is 2.31. The van der Waals surface area contributed by atoms with Crippen molar-refractivity contribution in [3.8, 4) is 0 Å². The Bertz CT molecular complexity index is 898. The third kappa shape index (κ3) is 5.67. The van der Waals surface area contributed by atoms with Crippen LogP contribution in [0, 0.1) is 0 Å². The molecule has 1 saturated heterocycles. The average Bonchev–Trinajstić information content (AvgIpc) is 2.96. The molecule has 0 saturated carbocycles. The molecule has 0 bridgehead atoms. The summed E-state index contributed by atoms with van der Waals surface area (Å²) in [5.41, 5.74) is 1.95. The van der Waals surface area contributed by atoms with Gasteiger partial charge in [-0.1, -0.05) is 78.0 Å². The molecule has 2 aromatic carbocycles. The van der Waals surface area contributed by atoms with Gasteiger partial charge in [0, 0.05) is 24.5 Å². The van der Waals surface area contributed by atoms with Crippen molar-refractivity contribution >= 4 is 57.8 Å². The van der Waals surface area contributed by atoms with Crippen molar-refractivity contribution < 1.29 is 9.59 Å². The van der Waals surface area contributed by atoms with Gasteiger partial charge in [-0.2, -0.15) is 0 Å². The van der Waals surface area contributed by atoms with Gasteiger partial charge in [-0.3, -0.25) is 14.5 Å². The van der Waals surface area contributed by atoms with Crippen LogP contribution in [0.2, 0.25) is 5.02 Å². The molecular weight excluding hydrogens is 412 g/mol. The van der Waals surface area contributed by atoms with Crippen molar-refractivity contribution in [1.29, 1.82) is 0 Å². The number of halogens is 1. The Labute approximate surface area is 178 Å². The van der Waals surface area contributed by atoms with Gasteiger partial charge in [0.2, 0.25) is 5.91 Å². The van der Waals surface area contributed by atoms with Crippen LogP contribution in [-0.2, 0) is 16.1 Å². The molecule has 28 heavy (non-hydrogen) atoms. The van der Waals surface area contributed by atoms with Crippen LogP contribution in [0.3, 0.4) is 0 Å². The highest BCUT2D eigenvalue weighted by molar-refractivity contribution is 8.26. The minimum absolute atomic E-state index is 0.0361. The second-order valence-electron chi connectivity index (χ2n) is 6.25. The standard InChI is InChI=1S/C21H19ClN2O2S2/c22-17-10-8-15(9-11-17)13-18-20(26)24(21(27)28-18)12-4-7-19(25)23-14-16-5-2-1-3-6-16/h1-3,5-6,8-11,13H,4,7,12,14H2,(H,23,25)/b18-13-. The highest BCUT2D eigenvalue weighted by Crippen LogP contribution is 2.32. The van der Waals surface area contributed by atoms with Gasteiger partial charge < -0.3 is 5.32 Å². The summed E-state index contributed by atoms with van der Waals surface area (Å²) in [4.78, 5) is 26.8. The van der Waals surface area contributed by atoms with Crippen LogP contribution < -0.4 is 5.32 Å². The SMILES string of the molecule is O=C(CCCN1C(=O)/C(=C/c2ccc(Cl)cc2)SC1=S)NCc1ccccc1. The first-order valence-corrected chi connectivity index (χ1v) is 10.4. The lowest BCUT2D eigenvalue weighted by Crippen LogP contribution is -2.30. The Morgan fingerprint density at radius 3 is 2.57 bits per heavy atom. The smallest absolute Gasteiger partial charge is 0.266 e. The third-order valence-corrected chi connectivity index (χ3v) is 5.79. The molecule has 0 unspecified atom stereocenters. The Morgan fingerprint density at radius 2 is 1.86 bits per heavy atom. The maximum absolute atomic E-state index is 12.6. The molecule has 144 valence electrons. The van der Waals surface area contributed by atoms with E-state index in [-0.39, 0.29) is 11.8 Å². The van der Waals surface area contributed by atoms with Gasteiger partial charge in [-0.05, 0) is 35.8 Å².